The lowest BCUT2D eigenvalue weighted by atomic mass is 9.95. The van der Waals surface area contributed by atoms with Crippen molar-refractivity contribution in [1.82, 2.24) is 5.32 Å². The van der Waals surface area contributed by atoms with Gasteiger partial charge < -0.3 is 5.32 Å². The normalized spacial score (nSPS) is 23.5. The lowest BCUT2D eigenvalue weighted by molar-refractivity contribution is -0.120. The average Bonchev–Trinajstić information content (AvgIpc) is 3.30. The molecule has 0 saturated heterocycles. The summed E-state index contributed by atoms with van der Waals surface area (Å²) < 4.78 is 28.5. The van der Waals surface area contributed by atoms with Crippen molar-refractivity contribution in [2.75, 3.05) is 10.8 Å². The fourth-order valence-electron chi connectivity index (χ4n) is 4.47. The van der Waals surface area contributed by atoms with E-state index in [0.717, 1.165) is 17.3 Å². The molecule has 5 nitrogen and oxygen atoms in total. The van der Waals surface area contributed by atoms with Gasteiger partial charge in [-0.05, 0) is 61.4 Å². The van der Waals surface area contributed by atoms with Crippen LogP contribution < -0.4 is 9.62 Å². The first-order valence-corrected chi connectivity index (χ1v) is 11.8. The van der Waals surface area contributed by atoms with Gasteiger partial charge in [-0.25, -0.2) is 8.42 Å². The van der Waals surface area contributed by atoms with Crippen molar-refractivity contribution in [3.05, 3.63) is 59.1 Å². The molecule has 0 radical (unpaired) electrons. The van der Waals surface area contributed by atoms with Crippen molar-refractivity contribution < 1.29 is 13.2 Å². The van der Waals surface area contributed by atoms with E-state index in [1.807, 2.05) is 6.07 Å². The van der Waals surface area contributed by atoms with Crippen LogP contribution in [0, 0.1) is 11.8 Å². The molecule has 2 aliphatic carbocycles. The topological polar surface area (TPSA) is 66.5 Å². The molecule has 148 valence electrons. The van der Waals surface area contributed by atoms with Crippen molar-refractivity contribution >= 4 is 37.5 Å². The summed E-state index contributed by atoms with van der Waals surface area (Å²) in [5, 5.41) is 3.09. The van der Waals surface area contributed by atoms with Crippen molar-refractivity contribution in [3.63, 3.8) is 0 Å². The van der Waals surface area contributed by atoms with E-state index in [1.165, 1.54) is 17.1 Å². The Kier molecular flexibility index (Phi) is 5.47. The van der Waals surface area contributed by atoms with E-state index < -0.39 is 10.0 Å². The molecule has 2 aromatic carbocycles. The summed E-state index contributed by atoms with van der Waals surface area (Å²) >= 11 is 3.39. The van der Waals surface area contributed by atoms with E-state index in [4.69, 9.17) is 0 Å². The summed E-state index contributed by atoms with van der Waals surface area (Å²) in [6, 6.07) is 15.4. The molecular formula is C21H23BrN2O3S. The smallest absolute Gasteiger partial charge is 0.264 e. The number of nitrogens with one attached hydrogen (secondary N) is 1. The molecule has 4 rings (SSSR count). The largest absolute Gasteiger partial charge is 0.352 e. The monoisotopic (exact) mass is 462 g/mol. The first-order valence-electron chi connectivity index (χ1n) is 9.56. The molecule has 0 aromatic heterocycles. The van der Waals surface area contributed by atoms with Crippen LogP contribution in [-0.4, -0.2) is 26.9 Å². The van der Waals surface area contributed by atoms with Gasteiger partial charge in [-0.15, -0.1) is 0 Å². The van der Waals surface area contributed by atoms with E-state index in [1.54, 1.807) is 48.5 Å². The van der Waals surface area contributed by atoms with Gasteiger partial charge in [0.1, 0.15) is 6.54 Å². The summed E-state index contributed by atoms with van der Waals surface area (Å²) in [4.78, 5) is 13.0. The Labute approximate surface area is 174 Å². The van der Waals surface area contributed by atoms with E-state index in [9.17, 15) is 13.2 Å². The Morgan fingerprint density at radius 1 is 1.07 bits per heavy atom. The van der Waals surface area contributed by atoms with Crippen LogP contribution in [0.3, 0.4) is 0 Å². The average molecular weight is 463 g/mol. The van der Waals surface area contributed by atoms with Gasteiger partial charge in [0.15, 0.2) is 0 Å². The molecule has 0 aliphatic heterocycles. The number of nitrogens with zero attached hydrogens (tertiary/aromatic N) is 1. The fraction of sp³-hybridized carbons (Fsp3) is 0.381. The zero-order chi connectivity index (χ0) is 19.7. The second kappa shape index (κ2) is 7.87. The molecule has 0 spiro atoms. The van der Waals surface area contributed by atoms with Crippen LogP contribution in [0.15, 0.2) is 64.0 Å². The number of anilines is 1. The first kappa shape index (κ1) is 19.5. The molecule has 1 N–H and O–H groups in total. The van der Waals surface area contributed by atoms with E-state index in [2.05, 4.69) is 21.2 Å². The number of halogens is 1. The van der Waals surface area contributed by atoms with Gasteiger partial charge in [0.25, 0.3) is 10.0 Å². The predicted octanol–water partition coefficient (Wildman–Crippen LogP) is 3.95. The van der Waals surface area contributed by atoms with Crippen LogP contribution in [0.4, 0.5) is 5.69 Å². The van der Waals surface area contributed by atoms with Crippen LogP contribution >= 0.6 is 15.9 Å². The summed E-state index contributed by atoms with van der Waals surface area (Å²) in [6.07, 6.45) is 4.61. The molecule has 2 saturated carbocycles. The SMILES string of the molecule is O=C(CN(c1cccc(Br)c1)S(=O)(=O)c1ccccc1)N[C@@H]1C[C@H]2CC[C@@H]1C2. The van der Waals surface area contributed by atoms with E-state index >= 15 is 0 Å². The Morgan fingerprint density at radius 2 is 1.86 bits per heavy atom. The molecular weight excluding hydrogens is 440 g/mol. The zero-order valence-electron chi connectivity index (χ0n) is 15.4. The molecule has 2 aliphatic rings. The number of benzene rings is 2. The maximum atomic E-state index is 13.3. The predicted molar refractivity (Wildman–Crippen MR) is 112 cm³/mol. The van der Waals surface area contributed by atoms with Gasteiger partial charge in [0, 0.05) is 10.5 Å². The number of rotatable bonds is 6. The number of fused-ring (bicyclic) bond motifs is 2. The van der Waals surface area contributed by atoms with Gasteiger partial charge in [-0.1, -0.05) is 46.6 Å². The second-order valence-electron chi connectivity index (χ2n) is 7.65. The highest BCUT2D eigenvalue weighted by Crippen LogP contribution is 2.44. The van der Waals surface area contributed by atoms with E-state index in [0.29, 0.717) is 17.5 Å². The number of amides is 1. The van der Waals surface area contributed by atoms with Crippen LogP contribution in [0.25, 0.3) is 0 Å². The third-order valence-electron chi connectivity index (χ3n) is 5.80. The molecule has 28 heavy (non-hydrogen) atoms. The molecule has 2 fully saturated rings. The zero-order valence-corrected chi connectivity index (χ0v) is 17.8. The highest BCUT2D eigenvalue weighted by molar-refractivity contribution is 9.10. The standard InChI is InChI=1S/C21H23BrN2O3S/c22-17-5-4-6-18(13-17)24(28(26,27)19-7-2-1-3-8-19)14-21(25)23-20-12-15-9-10-16(20)11-15/h1-8,13,15-16,20H,9-12,14H2,(H,23,25)/t15-,16+,20+/m0/s1. The fourth-order valence-corrected chi connectivity index (χ4v) is 6.29. The quantitative estimate of drug-likeness (QED) is 0.706. The number of carbonyl (C=O) groups excluding carboxylic acids is 1. The first-order chi connectivity index (χ1) is 13.4. The summed E-state index contributed by atoms with van der Waals surface area (Å²) in [5.41, 5.74) is 0.460. The number of carbonyl (C=O) groups is 1. The van der Waals surface area contributed by atoms with E-state index in [-0.39, 0.29) is 23.4 Å². The highest BCUT2D eigenvalue weighted by Gasteiger charge is 2.40. The lowest BCUT2D eigenvalue weighted by Gasteiger charge is -2.27. The third kappa shape index (κ3) is 3.96. The van der Waals surface area contributed by atoms with Crippen LogP contribution in [0.5, 0.6) is 0 Å². The summed E-state index contributed by atoms with van der Waals surface area (Å²) in [6.45, 7) is -0.235. The maximum Gasteiger partial charge on any atom is 0.264 e. The molecule has 1 amide bonds. The summed E-state index contributed by atoms with van der Waals surface area (Å²) in [7, 11) is -3.86. The molecule has 7 heteroatoms. The minimum absolute atomic E-state index is 0.169. The van der Waals surface area contributed by atoms with Crippen molar-refractivity contribution in [2.24, 2.45) is 11.8 Å². The van der Waals surface area contributed by atoms with Crippen molar-refractivity contribution in [1.29, 1.82) is 0 Å². The Hall–Kier alpha value is -1.86. The van der Waals surface area contributed by atoms with Gasteiger partial charge in [-0.3, -0.25) is 9.10 Å². The Balaban J connectivity index is 1.59. The molecule has 2 aromatic rings. The minimum Gasteiger partial charge on any atom is -0.352 e. The van der Waals surface area contributed by atoms with Gasteiger partial charge in [0.2, 0.25) is 5.91 Å². The number of hydrogen-bond acceptors (Lipinski definition) is 3. The van der Waals surface area contributed by atoms with Crippen molar-refractivity contribution in [3.8, 4) is 0 Å². The van der Waals surface area contributed by atoms with Crippen LogP contribution in [0.2, 0.25) is 0 Å². The Bertz CT molecular complexity index is 965. The highest BCUT2D eigenvalue weighted by atomic mass is 79.9. The van der Waals surface area contributed by atoms with Crippen LogP contribution in [-0.2, 0) is 14.8 Å². The lowest BCUT2D eigenvalue weighted by Crippen LogP contribution is -2.46. The maximum absolute atomic E-state index is 13.3. The van der Waals surface area contributed by atoms with Gasteiger partial charge >= 0.3 is 0 Å². The molecule has 0 heterocycles. The van der Waals surface area contributed by atoms with Crippen LogP contribution in [0.1, 0.15) is 25.7 Å². The van der Waals surface area contributed by atoms with Gasteiger partial charge in [-0.2, -0.15) is 0 Å². The second-order valence-corrected chi connectivity index (χ2v) is 10.4. The molecule has 2 bridgehead atoms. The Morgan fingerprint density at radius 3 is 2.50 bits per heavy atom. The third-order valence-corrected chi connectivity index (χ3v) is 8.08. The molecule has 0 unspecified atom stereocenters. The minimum atomic E-state index is -3.86. The number of hydrogen-bond donors (Lipinski definition) is 1. The van der Waals surface area contributed by atoms with Crippen molar-refractivity contribution in [2.45, 2.75) is 36.6 Å². The molecule has 3 atom stereocenters. The number of sulfonamides is 1. The van der Waals surface area contributed by atoms with Gasteiger partial charge in [0.05, 0.1) is 10.6 Å². The summed E-state index contributed by atoms with van der Waals surface area (Å²) in [5.74, 6) is 1.00.